The van der Waals surface area contributed by atoms with Crippen molar-refractivity contribution >= 4 is 23.4 Å². The van der Waals surface area contributed by atoms with Crippen LogP contribution < -0.4 is 20.7 Å². The molecule has 3 amide bonds. The van der Waals surface area contributed by atoms with Gasteiger partial charge >= 0.3 is 0 Å². The number of carbonyl (C=O) groups excluding carboxylic acids is 3. The van der Waals surface area contributed by atoms with Crippen LogP contribution in [0.2, 0.25) is 0 Å². The summed E-state index contributed by atoms with van der Waals surface area (Å²) in [5, 5.41) is 8.09. The van der Waals surface area contributed by atoms with Crippen LogP contribution in [-0.2, 0) is 9.59 Å². The van der Waals surface area contributed by atoms with Crippen LogP contribution in [0, 0.1) is 13.8 Å². The highest BCUT2D eigenvalue weighted by atomic mass is 16.5. The predicted octanol–water partition coefficient (Wildman–Crippen LogP) is 2.58. The number of nitrogens with one attached hydrogen (secondary N) is 3. The first kappa shape index (κ1) is 21.9. The molecule has 154 valence electrons. The van der Waals surface area contributed by atoms with E-state index in [0.717, 1.165) is 11.1 Å². The van der Waals surface area contributed by atoms with Crippen molar-refractivity contribution in [1.29, 1.82) is 0 Å². The fourth-order valence-electron chi connectivity index (χ4n) is 2.72. The molecule has 7 nitrogen and oxygen atoms in total. The first-order chi connectivity index (χ1) is 13.7. The van der Waals surface area contributed by atoms with Gasteiger partial charge in [-0.15, -0.1) is 0 Å². The van der Waals surface area contributed by atoms with E-state index in [-0.39, 0.29) is 17.7 Å². The van der Waals surface area contributed by atoms with E-state index in [0.29, 0.717) is 30.1 Å². The van der Waals surface area contributed by atoms with Crippen molar-refractivity contribution in [2.24, 2.45) is 0 Å². The Kier molecular flexibility index (Phi) is 7.77. The summed E-state index contributed by atoms with van der Waals surface area (Å²) in [6, 6.07) is 12.4. The van der Waals surface area contributed by atoms with Crippen molar-refractivity contribution in [3.63, 3.8) is 0 Å². The Labute approximate surface area is 170 Å². The quantitative estimate of drug-likeness (QED) is 0.597. The van der Waals surface area contributed by atoms with E-state index in [1.807, 2.05) is 32.0 Å². The zero-order chi connectivity index (χ0) is 21.4. The second-order valence-corrected chi connectivity index (χ2v) is 6.89. The van der Waals surface area contributed by atoms with Crippen LogP contribution >= 0.6 is 0 Å². The Hall–Kier alpha value is -3.35. The maximum Gasteiger partial charge on any atom is 0.265 e. The largest absolute Gasteiger partial charge is 0.481 e. The lowest BCUT2D eigenvalue weighted by Crippen LogP contribution is -2.33. The molecule has 0 aliphatic carbocycles. The minimum absolute atomic E-state index is 0.143. The van der Waals surface area contributed by atoms with Gasteiger partial charge in [0, 0.05) is 31.3 Å². The summed E-state index contributed by atoms with van der Waals surface area (Å²) >= 11 is 0. The van der Waals surface area contributed by atoms with Gasteiger partial charge in [0.25, 0.3) is 11.8 Å². The number of hydrogen-bond acceptors (Lipinski definition) is 4. The van der Waals surface area contributed by atoms with Crippen molar-refractivity contribution < 1.29 is 19.1 Å². The lowest BCUT2D eigenvalue weighted by Gasteiger charge is -2.16. The number of carbonyl (C=O) groups is 3. The maximum atomic E-state index is 12.4. The lowest BCUT2D eigenvalue weighted by molar-refractivity contribution is -0.122. The summed E-state index contributed by atoms with van der Waals surface area (Å²) in [5.74, 6) is -0.0251. The molecule has 29 heavy (non-hydrogen) atoms. The molecule has 0 saturated heterocycles. The zero-order valence-electron chi connectivity index (χ0n) is 17.2. The molecule has 1 unspecified atom stereocenters. The molecule has 0 heterocycles. The maximum absolute atomic E-state index is 12.4. The van der Waals surface area contributed by atoms with Crippen LogP contribution in [0.1, 0.15) is 35.3 Å². The first-order valence-corrected chi connectivity index (χ1v) is 9.43. The van der Waals surface area contributed by atoms with Crippen molar-refractivity contribution in [2.45, 2.75) is 33.8 Å². The molecule has 0 saturated carbocycles. The van der Waals surface area contributed by atoms with Gasteiger partial charge in [-0.1, -0.05) is 6.07 Å². The fraction of sp³-hybridized carbons (Fsp3) is 0.318. The minimum Gasteiger partial charge on any atom is -0.481 e. The monoisotopic (exact) mass is 397 g/mol. The number of amides is 3. The molecule has 2 aromatic rings. The number of anilines is 1. The SMILES string of the molecule is CC(=O)NCCNC(=O)c1ccc(NC(=O)C(C)Oc2cc(C)cc(C)c2)cc1. The molecular formula is C22H27N3O4. The Morgan fingerprint density at radius 2 is 1.52 bits per heavy atom. The molecule has 0 radical (unpaired) electrons. The Morgan fingerprint density at radius 3 is 2.10 bits per heavy atom. The molecule has 0 spiro atoms. The Bertz CT molecular complexity index is 858. The van der Waals surface area contributed by atoms with Gasteiger partial charge in [0.2, 0.25) is 5.91 Å². The van der Waals surface area contributed by atoms with E-state index in [4.69, 9.17) is 4.74 Å². The predicted molar refractivity (Wildman–Crippen MR) is 112 cm³/mol. The van der Waals surface area contributed by atoms with E-state index < -0.39 is 6.10 Å². The van der Waals surface area contributed by atoms with Gasteiger partial charge in [-0.25, -0.2) is 0 Å². The average Bonchev–Trinajstić information content (AvgIpc) is 2.64. The van der Waals surface area contributed by atoms with E-state index in [1.165, 1.54) is 6.92 Å². The third-order valence-electron chi connectivity index (χ3n) is 4.08. The van der Waals surface area contributed by atoms with Gasteiger partial charge in [-0.2, -0.15) is 0 Å². The smallest absolute Gasteiger partial charge is 0.265 e. The molecule has 3 N–H and O–H groups in total. The molecule has 0 aliphatic rings. The van der Waals surface area contributed by atoms with Gasteiger partial charge in [0.05, 0.1) is 0 Å². The summed E-state index contributed by atoms with van der Waals surface area (Å²) < 4.78 is 5.74. The number of ether oxygens (including phenoxy) is 1. The van der Waals surface area contributed by atoms with Crippen LogP contribution in [0.25, 0.3) is 0 Å². The van der Waals surface area contributed by atoms with Gasteiger partial charge in [0.1, 0.15) is 5.75 Å². The summed E-state index contributed by atoms with van der Waals surface area (Å²) in [6.07, 6.45) is -0.673. The summed E-state index contributed by atoms with van der Waals surface area (Å²) in [4.78, 5) is 35.2. The molecule has 1 atom stereocenters. The van der Waals surface area contributed by atoms with E-state index in [9.17, 15) is 14.4 Å². The van der Waals surface area contributed by atoms with Gasteiger partial charge in [0.15, 0.2) is 6.10 Å². The second-order valence-electron chi connectivity index (χ2n) is 6.89. The molecular weight excluding hydrogens is 370 g/mol. The van der Waals surface area contributed by atoms with Crippen LogP contribution in [0.4, 0.5) is 5.69 Å². The minimum atomic E-state index is -0.673. The average molecular weight is 397 g/mol. The molecule has 0 aromatic heterocycles. The van der Waals surface area contributed by atoms with Crippen LogP contribution in [-0.4, -0.2) is 36.9 Å². The highest BCUT2D eigenvalue weighted by molar-refractivity contribution is 5.96. The third-order valence-corrected chi connectivity index (χ3v) is 4.08. The Balaban J connectivity index is 1.87. The molecule has 2 rings (SSSR count). The lowest BCUT2D eigenvalue weighted by atomic mass is 10.1. The fourth-order valence-corrected chi connectivity index (χ4v) is 2.72. The number of rotatable bonds is 8. The summed E-state index contributed by atoms with van der Waals surface area (Å²) in [5.41, 5.74) is 3.17. The summed E-state index contributed by atoms with van der Waals surface area (Å²) in [6.45, 7) is 7.76. The van der Waals surface area contributed by atoms with E-state index >= 15 is 0 Å². The van der Waals surface area contributed by atoms with Crippen LogP contribution in [0.15, 0.2) is 42.5 Å². The van der Waals surface area contributed by atoms with Gasteiger partial charge in [-0.05, 0) is 68.3 Å². The van der Waals surface area contributed by atoms with Gasteiger partial charge in [-0.3, -0.25) is 14.4 Å². The highest BCUT2D eigenvalue weighted by Gasteiger charge is 2.15. The van der Waals surface area contributed by atoms with Crippen molar-refractivity contribution in [3.8, 4) is 5.75 Å². The summed E-state index contributed by atoms with van der Waals surface area (Å²) in [7, 11) is 0. The topological polar surface area (TPSA) is 96.5 Å². The van der Waals surface area contributed by atoms with Crippen molar-refractivity contribution in [1.82, 2.24) is 10.6 Å². The molecule has 2 aromatic carbocycles. The molecule has 7 heteroatoms. The number of benzene rings is 2. The van der Waals surface area contributed by atoms with Crippen molar-refractivity contribution in [2.75, 3.05) is 18.4 Å². The Morgan fingerprint density at radius 1 is 0.931 bits per heavy atom. The molecule has 0 aliphatic heterocycles. The van der Waals surface area contributed by atoms with E-state index in [1.54, 1.807) is 31.2 Å². The third kappa shape index (κ3) is 7.29. The second kappa shape index (κ2) is 10.3. The van der Waals surface area contributed by atoms with E-state index in [2.05, 4.69) is 16.0 Å². The van der Waals surface area contributed by atoms with Crippen LogP contribution in [0.5, 0.6) is 5.75 Å². The van der Waals surface area contributed by atoms with Crippen LogP contribution in [0.3, 0.4) is 0 Å². The first-order valence-electron chi connectivity index (χ1n) is 9.43. The van der Waals surface area contributed by atoms with Crippen molar-refractivity contribution in [3.05, 3.63) is 59.2 Å². The zero-order valence-corrected chi connectivity index (χ0v) is 17.2. The molecule has 0 bridgehead atoms. The number of aryl methyl sites for hydroxylation is 2. The normalized spacial score (nSPS) is 11.3. The van der Waals surface area contributed by atoms with Gasteiger partial charge < -0.3 is 20.7 Å². The standard InChI is InChI=1S/C22H27N3O4/c1-14-11-15(2)13-20(12-14)29-16(3)21(27)25-19-7-5-18(6-8-19)22(28)24-10-9-23-17(4)26/h5-8,11-13,16H,9-10H2,1-4H3,(H,23,26)(H,24,28)(H,25,27). The highest BCUT2D eigenvalue weighted by Crippen LogP contribution is 2.18. The molecule has 0 fully saturated rings. The number of hydrogen-bond donors (Lipinski definition) is 3.